The summed E-state index contributed by atoms with van der Waals surface area (Å²) in [6.45, 7) is 9.28. The summed E-state index contributed by atoms with van der Waals surface area (Å²) in [5, 5.41) is 0. The van der Waals surface area contributed by atoms with Gasteiger partial charge in [-0.3, -0.25) is 0 Å². The van der Waals surface area contributed by atoms with E-state index in [9.17, 15) is 0 Å². The van der Waals surface area contributed by atoms with Crippen LogP contribution in [0.15, 0.2) is 24.3 Å². The van der Waals surface area contributed by atoms with E-state index < -0.39 is 0 Å². The Morgan fingerprint density at radius 3 is 2.29 bits per heavy atom. The summed E-state index contributed by atoms with van der Waals surface area (Å²) in [7, 11) is 0. The summed E-state index contributed by atoms with van der Waals surface area (Å²) in [5.41, 5.74) is 2.96. The Labute approximate surface area is 107 Å². The van der Waals surface area contributed by atoms with Gasteiger partial charge >= 0.3 is 0 Å². The van der Waals surface area contributed by atoms with Crippen LogP contribution >= 0.6 is 12.2 Å². The molecule has 1 N–H and O–H groups in total. The number of fused-ring (bicyclic) bond motifs is 1. The fraction of sp³-hybridized carbons (Fsp3) is 0.500. The van der Waals surface area contributed by atoms with Gasteiger partial charge in [0.25, 0.3) is 0 Å². The first-order valence-electron chi connectivity index (χ1n) is 6.06. The van der Waals surface area contributed by atoms with Crippen molar-refractivity contribution in [3.05, 3.63) is 29.0 Å². The second-order valence-corrected chi connectivity index (χ2v) is 6.55. The largest absolute Gasteiger partial charge is 0.331 e. The van der Waals surface area contributed by atoms with E-state index in [1.54, 1.807) is 0 Å². The zero-order valence-electron chi connectivity index (χ0n) is 10.7. The number of nitrogens with one attached hydrogen (secondary N) is 1. The van der Waals surface area contributed by atoms with E-state index in [4.69, 9.17) is 12.2 Å². The lowest BCUT2D eigenvalue weighted by Crippen LogP contribution is -2.00. The van der Waals surface area contributed by atoms with E-state index in [0.717, 1.165) is 10.3 Å². The van der Waals surface area contributed by atoms with Crippen molar-refractivity contribution >= 4 is 23.3 Å². The van der Waals surface area contributed by atoms with Crippen molar-refractivity contribution in [2.24, 2.45) is 10.8 Å². The molecule has 3 heteroatoms. The number of aromatic amines is 1. The molecule has 0 radical (unpaired) electrons. The molecule has 1 aromatic carbocycles. The normalized spacial score (nSPS) is 21.9. The van der Waals surface area contributed by atoms with Crippen LogP contribution in [0.5, 0.6) is 0 Å². The van der Waals surface area contributed by atoms with Crippen LogP contribution in [-0.2, 0) is 0 Å². The van der Waals surface area contributed by atoms with Gasteiger partial charge in [-0.15, -0.1) is 0 Å². The fourth-order valence-electron chi connectivity index (χ4n) is 3.14. The van der Waals surface area contributed by atoms with Crippen molar-refractivity contribution in [3.63, 3.8) is 0 Å². The molecule has 17 heavy (non-hydrogen) atoms. The number of nitrogens with zero attached hydrogens (tertiary/aromatic N) is 1. The third kappa shape index (κ3) is 1.23. The van der Waals surface area contributed by atoms with E-state index in [1.165, 1.54) is 5.52 Å². The molecule has 1 saturated carbocycles. The summed E-state index contributed by atoms with van der Waals surface area (Å²) in [6.07, 6.45) is 0. The van der Waals surface area contributed by atoms with E-state index in [1.807, 2.05) is 6.07 Å². The summed E-state index contributed by atoms with van der Waals surface area (Å²) >= 11 is 5.48. The second kappa shape index (κ2) is 3.02. The molecule has 1 aliphatic carbocycles. The van der Waals surface area contributed by atoms with Gasteiger partial charge in [-0.2, -0.15) is 0 Å². The molecule has 1 heterocycles. The highest BCUT2D eigenvalue weighted by Crippen LogP contribution is 2.71. The lowest BCUT2D eigenvalue weighted by Gasteiger charge is -2.06. The minimum atomic E-state index is 0.302. The van der Waals surface area contributed by atoms with Crippen LogP contribution in [0.25, 0.3) is 11.0 Å². The highest BCUT2D eigenvalue weighted by molar-refractivity contribution is 7.71. The zero-order chi connectivity index (χ0) is 12.4. The van der Waals surface area contributed by atoms with Gasteiger partial charge in [0.1, 0.15) is 0 Å². The van der Waals surface area contributed by atoms with Crippen molar-refractivity contribution in [3.8, 4) is 0 Å². The van der Waals surface area contributed by atoms with Crippen LogP contribution in [0.2, 0.25) is 0 Å². The van der Waals surface area contributed by atoms with Crippen molar-refractivity contribution in [2.45, 2.75) is 33.7 Å². The number of benzene rings is 1. The number of aromatic nitrogens is 2. The lowest BCUT2D eigenvalue weighted by atomic mass is 10.0. The summed E-state index contributed by atoms with van der Waals surface area (Å²) in [5.74, 6) is 0. The van der Waals surface area contributed by atoms with E-state index in [2.05, 4.69) is 55.4 Å². The molecule has 1 aromatic heterocycles. The molecular weight excluding hydrogens is 228 g/mol. The Balaban J connectivity index is 2.27. The van der Waals surface area contributed by atoms with Gasteiger partial charge in [-0.1, -0.05) is 39.8 Å². The highest BCUT2D eigenvalue weighted by Gasteiger charge is 2.66. The summed E-state index contributed by atoms with van der Waals surface area (Å²) in [6, 6.07) is 8.83. The first-order chi connectivity index (χ1) is 7.87. The number of hydrogen-bond donors (Lipinski definition) is 1. The average Bonchev–Trinajstić information content (AvgIpc) is 2.55. The predicted octanol–water partition coefficient (Wildman–Crippen LogP) is 4.31. The predicted molar refractivity (Wildman–Crippen MR) is 73.7 cm³/mol. The minimum Gasteiger partial charge on any atom is -0.331 e. The van der Waals surface area contributed by atoms with Crippen molar-refractivity contribution in [2.75, 3.05) is 0 Å². The Morgan fingerprint density at radius 2 is 1.71 bits per heavy atom. The number of H-pyrrole nitrogens is 1. The monoisotopic (exact) mass is 246 g/mol. The maximum absolute atomic E-state index is 5.48. The van der Waals surface area contributed by atoms with Crippen LogP contribution in [0.1, 0.15) is 33.7 Å². The van der Waals surface area contributed by atoms with Gasteiger partial charge in [0, 0.05) is 6.04 Å². The molecule has 2 aromatic rings. The average molecular weight is 246 g/mol. The first-order valence-corrected chi connectivity index (χ1v) is 6.47. The molecule has 0 unspecified atom stereocenters. The summed E-state index contributed by atoms with van der Waals surface area (Å²) in [4.78, 5) is 3.30. The summed E-state index contributed by atoms with van der Waals surface area (Å²) < 4.78 is 3.14. The van der Waals surface area contributed by atoms with E-state index in [-0.39, 0.29) is 0 Å². The maximum Gasteiger partial charge on any atom is 0.178 e. The van der Waals surface area contributed by atoms with Crippen LogP contribution < -0.4 is 0 Å². The van der Waals surface area contributed by atoms with E-state index >= 15 is 0 Å². The van der Waals surface area contributed by atoms with Crippen molar-refractivity contribution in [1.29, 1.82) is 0 Å². The quantitative estimate of drug-likeness (QED) is 0.744. The SMILES string of the molecule is CC1(C)C(n2c(=S)[nH]c3ccccc32)C1(C)C. The van der Waals surface area contributed by atoms with Crippen molar-refractivity contribution in [1.82, 2.24) is 9.55 Å². The van der Waals surface area contributed by atoms with E-state index in [0.29, 0.717) is 16.9 Å². The molecule has 0 atom stereocenters. The molecule has 0 bridgehead atoms. The Hall–Kier alpha value is -1.09. The standard InChI is InChI=1S/C14H18N2S/c1-13(2)11(14(13,3)4)16-10-8-6-5-7-9(10)15-12(16)17/h5-8,11H,1-4H3,(H,15,17). The molecule has 1 fully saturated rings. The van der Waals surface area contributed by atoms with Crippen LogP contribution in [0.3, 0.4) is 0 Å². The van der Waals surface area contributed by atoms with Gasteiger partial charge in [0.05, 0.1) is 11.0 Å². The molecular formula is C14H18N2S. The smallest absolute Gasteiger partial charge is 0.178 e. The molecule has 0 saturated heterocycles. The molecule has 2 nitrogen and oxygen atoms in total. The van der Waals surface area contributed by atoms with Gasteiger partial charge in [-0.05, 0) is 35.2 Å². The molecule has 3 rings (SSSR count). The number of imidazole rings is 1. The van der Waals surface area contributed by atoms with Gasteiger partial charge in [0.15, 0.2) is 4.77 Å². The topological polar surface area (TPSA) is 20.7 Å². The maximum atomic E-state index is 5.48. The minimum absolute atomic E-state index is 0.302. The first kappa shape index (κ1) is 11.0. The molecule has 0 aliphatic heterocycles. The van der Waals surface area contributed by atoms with Gasteiger partial charge < -0.3 is 9.55 Å². The van der Waals surface area contributed by atoms with Crippen LogP contribution in [0, 0.1) is 15.6 Å². The molecule has 90 valence electrons. The highest BCUT2D eigenvalue weighted by atomic mass is 32.1. The van der Waals surface area contributed by atoms with Crippen LogP contribution in [0.4, 0.5) is 0 Å². The number of para-hydroxylation sites is 2. The van der Waals surface area contributed by atoms with Gasteiger partial charge in [0.2, 0.25) is 0 Å². The molecule has 0 spiro atoms. The Morgan fingerprint density at radius 1 is 1.12 bits per heavy atom. The molecule has 0 amide bonds. The fourth-order valence-corrected chi connectivity index (χ4v) is 3.45. The lowest BCUT2D eigenvalue weighted by molar-refractivity contribution is 0.457. The Kier molecular flexibility index (Phi) is 1.96. The number of rotatable bonds is 1. The van der Waals surface area contributed by atoms with Crippen LogP contribution in [-0.4, -0.2) is 9.55 Å². The third-order valence-electron chi connectivity index (χ3n) is 4.83. The molecule has 1 aliphatic rings. The number of hydrogen-bond acceptors (Lipinski definition) is 1. The third-order valence-corrected chi connectivity index (χ3v) is 5.13. The van der Waals surface area contributed by atoms with Gasteiger partial charge in [-0.25, -0.2) is 0 Å². The Bertz CT molecular complexity index is 632. The second-order valence-electron chi connectivity index (χ2n) is 6.16. The van der Waals surface area contributed by atoms with Crippen molar-refractivity contribution < 1.29 is 0 Å². The zero-order valence-corrected chi connectivity index (χ0v) is 11.6.